The fourth-order valence-electron chi connectivity index (χ4n) is 2.09. The van der Waals surface area contributed by atoms with Gasteiger partial charge in [0, 0.05) is 18.3 Å². The number of nitrogens with two attached hydrogens (primary N) is 1. The van der Waals surface area contributed by atoms with E-state index in [-0.39, 0.29) is 17.1 Å². The Morgan fingerprint density at radius 1 is 1.40 bits per heavy atom. The summed E-state index contributed by atoms with van der Waals surface area (Å²) in [7, 11) is 1.53. The second-order valence-electron chi connectivity index (χ2n) is 5.00. The number of fused-ring (bicyclic) bond motifs is 1. The van der Waals surface area contributed by atoms with Crippen LogP contribution in [0.1, 0.15) is 19.4 Å². The molecule has 0 saturated heterocycles. The number of carbonyl (C=O) groups is 1. The first-order valence-corrected chi connectivity index (χ1v) is 7.00. The van der Waals surface area contributed by atoms with Gasteiger partial charge in [0.2, 0.25) is 0 Å². The fourth-order valence-corrected chi connectivity index (χ4v) is 2.45. The van der Waals surface area contributed by atoms with Gasteiger partial charge in [-0.15, -0.1) is 0 Å². The van der Waals surface area contributed by atoms with Gasteiger partial charge in [-0.2, -0.15) is 0 Å². The van der Waals surface area contributed by atoms with Crippen LogP contribution in [0, 0.1) is 0 Å². The second-order valence-corrected chi connectivity index (χ2v) is 5.79. The third kappa shape index (κ3) is 2.56. The smallest absolute Gasteiger partial charge is 0.268 e. The van der Waals surface area contributed by atoms with E-state index >= 15 is 0 Å². The van der Waals surface area contributed by atoms with Gasteiger partial charge in [0.25, 0.3) is 5.91 Å². The molecule has 0 aliphatic carbocycles. The summed E-state index contributed by atoms with van der Waals surface area (Å²) in [6, 6.07) is 7.93. The first-order valence-electron chi connectivity index (χ1n) is 6.21. The third-order valence-corrected chi connectivity index (χ3v) is 3.95. The number of carbonyl (C=O) groups excluding carboxylic acids is 1. The average molecular weight is 337 g/mol. The maximum atomic E-state index is 11.6. The summed E-state index contributed by atoms with van der Waals surface area (Å²) >= 11 is 3.35. The summed E-state index contributed by atoms with van der Waals surface area (Å²) in [6.45, 7) is 4.03. The molecule has 0 saturated carbocycles. The molecule has 1 aromatic carbocycles. The number of amidine groups is 1. The van der Waals surface area contributed by atoms with Crippen LogP contribution in [0.3, 0.4) is 0 Å². The number of likely N-dealkylation sites (N-methyl/N-ethyl adjacent to an activating group) is 1. The van der Waals surface area contributed by atoms with E-state index in [0.717, 1.165) is 11.3 Å². The molecule has 6 heteroatoms. The highest BCUT2D eigenvalue weighted by atomic mass is 79.9. The minimum absolute atomic E-state index is 0.0916. The van der Waals surface area contributed by atoms with Crippen molar-refractivity contribution in [3.8, 4) is 0 Å². The van der Waals surface area contributed by atoms with Crippen molar-refractivity contribution in [2.75, 3.05) is 12.4 Å². The van der Waals surface area contributed by atoms with Crippen molar-refractivity contribution in [2.24, 2.45) is 10.7 Å². The number of nitrogens with zero attached hydrogens (tertiary/aromatic N) is 1. The zero-order chi connectivity index (χ0) is 14.9. The zero-order valence-electron chi connectivity index (χ0n) is 11.6. The van der Waals surface area contributed by atoms with E-state index in [9.17, 15) is 4.79 Å². The van der Waals surface area contributed by atoms with Gasteiger partial charge in [0.15, 0.2) is 0 Å². The molecule has 4 N–H and O–H groups in total. The van der Waals surface area contributed by atoms with Crippen molar-refractivity contribution in [3.05, 3.63) is 40.0 Å². The number of hydrogen-bond donors (Lipinski definition) is 3. The average Bonchev–Trinajstić information content (AvgIpc) is 2.44. The van der Waals surface area contributed by atoms with Crippen molar-refractivity contribution in [2.45, 2.75) is 19.4 Å². The molecule has 5 nitrogen and oxygen atoms in total. The molecular weight excluding hydrogens is 320 g/mol. The SMILES string of the molecule is CNC(=O)C(N)=C(Br)C1=NC(C)(C)c2ccccc2N1. The largest absolute Gasteiger partial charge is 0.393 e. The summed E-state index contributed by atoms with van der Waals surface area (Å²) in [6.07, 6.45) is 0. The predicted octanol–water partition coefficient (Wildman–Crippen LogP) is 2.06. The molecule has 0 unspecified atom stereocenters. The van der Waals surface area contributed by atoms with E-state index in [1.165, 1.54) is 7.05 Å². The van der Waals surface area contributed by atoms with Crippen LogP contribution in [0.5, 0.6) is 0 Å². The maximum absolute atomic E-state index is 11.6. The minimum atomic E-state index is -0.390. The molecule has 1 aliphatic rings. The first kappa shape index (κ1) is 14.6. The topological polar surface area (TPSA) is 79.5 Å². The number of amides is 1. The van der Waals surface area contributed by atoms with Gasteiger partial charge >= 0.3 is 0 Å². The Morgan fingerprint density at radius 2 is 2.05 bits per heavy atom. The van der Waals surface area contributed by atoms with Gasteiger partial charge < -0.3 is 16.4 Å². The van der Waals surface area contributed by atoms with Crippen molar-refractivity contribution >= 4 is 33.4 Å². The summed E-state index contributed by atoms with van der Waals surface area (Å²) in [4.78, 5) is 16.2. The van der Waals surface area contributed by atoms with E-state index in [4.69, 9.17) is 5.73 Å². The van der Waals surface area contributed by atoms with E-state index in [1.807, 2.05) is 38.1 Å². The molecule has 0 spiro atoms. The quantitative estimate of drug-likeness (QED) is 0.723. The number of hydrogen-bond acceptors (Lipinski definition) is 4. The Balaban J connectivity index is 2.47. The lowest BCUT2D eigenvalue weighted by Gasteiger charge is -2.30. The number of halogens is 1. The fraction of sp³-hybridized carbons (Fsp3) is 0.286. The third-order valence-electron chi connectivity index (χ3n) is 3.15. The molecule has 0 atom stereocenters. The van der Waals surface area contributed by atoms with Crippen LogP contribution in [0.15, 0.2) is 39.4 Å². The normalized spacial score (nSPS) is 17.3. The maximum Gasteiger partial charge on any atom is 0.268 e. The highest BCUT2D eigenvalue weighted by molar-refractivity contribution is 9.12. The molecule has 0 radical (unpaired) electrons. The molecule has 106 valence electrons. The lowest BCUT2D eigenvalue weighted by Crippen LogP contribution is -2.32. The number of nitrogens with one attached hydrogen (secondary N) is 2. The standard InChI is InChI=1S/C14H17BrN4O/c1-14(2)8-6-4-5-7-9(8)18-12(19-14)10(15)11(16)13(20)17-3/h4-7H,16H2,1-3H3,(H,17,20)(H,18,19). The summed E-state index contributed by atoms with van der Waals surface area (Å²) in [5, 5.41) is 5.69. The Kier molecular flexibility index (Phi) is 3.85. The Hall–Kier alpha value is -1.82. The molecule has 20 heavy (non-hydrogen) atoms. The first-order chi connectivity index (χ1) is 9.36. The number of para-hydroxylation sites is 1. The van der Waals surface area contributed by atoms with E-state index in [1.54, 1.807) is 0 Å². The molecule has 1 aliphatic heterocycles. The second kappa shape index (κ2) is 5.28. The molecule has 0 aromatic heterocycles. The van der Waals surface area contributed by atoms with Crippen molar-refractivity contribution in [1.82, 2.24) is 5.32 Å². The van der Waals surface area contributed by atoms with Crippen LogP contribution >= 0.6 is 15.9 Å². The monoisotopic (exact) mass is 336 g/mol. The van der Waals surface area contributed by atoms with E-state index < -0.39 is 0 Å². The van der Waals surface area contributed by atoms with Gasteiger partial charge in [-0.1, -0.05) is 18.2 Å². The van der Waals surface area contributed by atoms with Crippen LogP contribution in [-0.2, 0) is 10.3 Å². The Morgan fingerprint density at radius 3 is 2.70 bits per heavy atom. The Bertz CT molecular complexity index is 619. The minimum Gasteiger partial charge on any atom is -0.393 e. The predicted molar refractivity (Wildman–Crippen MR) is 84.7 cm³/mol. The molecule has 0 fully saturated rings. The van der Waals surface area contributed by atoms with E-state index in [0.29, 0.717) is 10.3 Å². The van der Waals surface area contributed by atoms with Gasteiger partial charge in [-0.05, 0) is 35.8 Å². The zero-order valence-corrected chi connectivity index (χ0v) is 13.2. The van der Waals surface area contributed by atoms with Crippen LogP contribution in [-0.4, -0.2) is 18.8 Å². The number of rotatable bonds is 2. The summed E-state index contributed by atoms with van der Waals surface area (Å²) < 4.78 is 0.458. The number of aliphatic imine (C=N–C) groups is 1. The van der Waals surface area contributed by atoms with E-state index in [2.05, 4.69) is 31.6 Å². The van der Waals surface area contributed by atoms with Gasteiger partial charge in [-0.3, -0.25) is 9.79 Å². The molecular formula is C14H17BrN4O. The molecule has 1 heterocycles. The highest BCUT2D eigenvalue weighted by Gasteiger charge is 2.29. The van der Waals surface area contributed by atoms with Gasteiger partial charge in [-0.25, -0.2) is 0 Å². The molecule has 1 aromatic rings. The van der Waals surface area contributed by atoms with Crippen LogP contribution < -0.4 is 16.4 Å². The molecule has 2 rings (SSSR count). The van der Waals surface area contributed by atoms with Crippen molar-refractivity contribution in [3.63, 3.8) is 0 Å². The van der Waals surface area contributed by atoms with Gasteiger partial charge in [0.05, 0.1) is 10.0 Å². The molecule has 0 bridgehead atoms. The summed E-state index contributed by atoms with van der Waals surface area (Å²) in [5.41, 5.74) is 7.57. The lowest BCUT2D eigenvalue weighted by molar-refractivity contribution is -0.117. The van der Waals surface area contributed by atoms with Crippen LogP contribution in [0.4, 0.5) is 5.69 Å². The highest BCUT2D eigenvalue weighted by Crippen LogP contribution is 2.36. The van der Waals surface area contributed by atoms with Crippen LogP contribution in [0.2, 0.25) is 0 Å². The van der Waals surface area contributed by atoms with Crippen molar-refractivity contribution < 1.29 is 4.79 Å². The number of anilines is 1. The van der Waals surface area contributed by atoms with Crippen molar-refractivity contribution in [1.29, 1.82) is 0 Å². The lowest BCUT2D eigenvalue weighted by atomic mass is 9.91. The van der Waals surface area contributed by atoms with Crippen LogP contribution in [0.25, 0.3) is 0 Å². The Labute approximate surface area is 126 Å². The molecule has 1 amide bonds. The number of benzene rings is 1. The summed E-state index contributed by atoms with van der Waals surface area (Å²) in [5.74, 6) is 0.202. The van der Waals surface area contributed by atoms with Gasteiger partial charge in [0.1, 0.15) is 11.5 Å².